The predicted octanol–water partition coefficient (Wildman–Crippen LogP) is 1.83. The number of benzene rings is 1. The van der Waals surface area contributed by atoms with Crippen LogP contribution in [0.3, 0.4) is 0 Å². The van der Waals surface area contributed by atoms with Gasteiger partial charge in [-0.05, 0) is 25.0 Å². The third-order valence-corrected chi connectivity index (χ3v) is 2.74. The minimum Gasteiger partial charge on any atom is -0.372 e. The van der Waals surface area contributed by atoms with Gasteiger partial charge in [-0.15, -0.1) is 0 Å². The van der Waals surface area contributed by atoms with E-state index in [0.29, 0.717) is 0 Å². The zero-order valence-electron chi connectivity index (χ0n) is 8.85. The topological polar surface area (TPSA) is 29.5 Å². The summed E-state index contributed by atoms with van der Waals surface area (Å²) >= 11 is 0. The molecule has 1 aliphatic heterocycles. The lowest BCUT2D eigenvalue weighted by atomic mass is 10.1. The Balaban J connectivity index is 2.19. The van der Waals surface area contributed by atoms with Crippen molar-refractivity contribution in [2.75, 3.05) is 18.6 Å². The highest BCUT2D eigenvalue weighted by molar-refractivity contribution is 5.97. The largest absolute Gasteiger partial charge is 0.372 e. The molecule has 3 heteroatoms. The SMILES string of the molecule is COC1CCCN(c2ccccc2)C1=O. The average molecular weight is 205 g/mol. The number of nitrogens with zero attached hydrogens (tertiary/aromatic N) is 1. The molecule has 2 rings (SSSR count). The van der Waals surface area contributed by atoms with Crippen molar-refractivity contribution in [1.82, 2.24) is 0 Å². The zero-order valence-corrected chi connectivity index (χ0v) is 8.85. The summed E-state index contributed by atoms with van der Waals surface area (Å²) in [4.78, 5) is 13.8. The smallest absolute Gasteiger partial charge is 0.256 e. The second-order valence-electron chi connectivity index (χ2n) is 3.69. The Kier molecular flexibility index (Phi) is 3.02. The van der Waals surface area contributed by atoms with Gasteiger partial charge < -0.3 is 9.64 Å². The number of ether oxygens (including phenoxy) is 1. The minimum absolute atomic E-state index is 0.0787. The molecule has 1 fully saturated rings. The van der Waals surface area contributed by atoms with E-state index in [1.54, 1.807) is 12.0 Å². The van der Waals surface area contributed by atoms with Crippen molar-refractivity contribution in [3.05, 3.63) is 30.3 Å². The van der Waals surface area contributed by atoms with Crippen LogP contribution in [0, 0.1) is 0 Å². The summed E-state index contributed by atoms with van der Waals surface area (Å²) in [6, 6.07) is 9.75. The molecule has 0 aliphatic carbocycles. The van der Waals surface area contributed by atoms with E-state index < -0.39 is 0 Å². The zero-order chi connectivity index (χ0) is 10.7. The van der Waals surface area contributed by atoms with Crippen molar-refractivity contribution in [2.24, 2.45) is 0 Å². The van der Waals surface area contributed by atoms with Crippen LogP contribution < -0.4 is 4.90 Å². The van der Waals surface area contributed by atoms with Crippen molar-refractivity contribution in [3.63, 3.8) is 0 Å². The molecule has 1 aliphatic rings. The number of hydrogen-bond acceptors (Lipinski definition) is 2. The first-order chi connectivity index (χ1) is 7.33. The molecule has 1 unspecified atom stereocenters. The maximum Gasteiger partial charge on any atom is 0.256 e. The number of hydrogen-bond donors (Lipinski definition) is 0. The highest BCUT2D eigenvalue weighted by Gasteiger charge is 2.29. The first-order valence-corrected chi connectivity index (χ1v) is 5.22. The Morgan fingerprint density at radius 2 is 2.07 bits per heavy atom. The number of carbonyl (C=O) groups excluding carboxylic acids is 1. The summed E-state index contributed by atoms with van der Waals surface area (Å²) in [6.45, 7) is 0.794. The third-order valence-electron chi connectivity index (χ3n) is 2.74. The van der Waals surface area contributed by atoms with E-state index in [4.69, 9.17) is 4.74 Å². The van der Waals surface area contributed by atoms with Crippen LogP contribution in [0.2, 0.25) is 0 Å². The second kappa shape index (κ2) is 4.45. The monoisotopic (exact) mass is 205 g/mol. The summed E-state index contributed by atoms with van der Waals surface area (Å²) in [5, 5.41) is 0. The molecule has 15 heavy (non-hydrogen) atoms. The maximum atomic E-state index is 12.0. The fourth-order valence-electron chi connectivity index (χ4n) is 1.93. The molecular formula is C12H15NO2. The molecular weight excluding hydrogens is 190 g/mol. The van der Waals surface area contributed by atoms with Gasteiger partial charge in [0.1, 0.15) is 6.10 Å². The van der Waals surface area contributed by atoms with Gasteiger partial charge >= 0.3 is 0 Å². The number of amides is 1. The second-order valence-corrected chi connectivity index (χ2v) is 3.69. The van der Waals surface area contributed by atoms with Crippen LogP contribution in [0.15, 0.2) is 30.3 Å². The highest BCUT2D eigenvalue weighted by Crippen LogP contribution is 2.21. The summed E-state index contributed by atoms with van der Waals surface area (Å²) in [7, 11) is 1.59. The van der Waals surface area contributed by atoms with E-state index in [0.717, 1.165) is 25.1 Å². The minimum atomic E-state index is -0.265. The molecule has 1 atom stereocenters. The van der Waals surface area contributed by atoms with Crippen molar-refractivity contribution >= 4 is 11.6 Å². The van der Waals surface area contributed by atoms with E-state index in [2.05, 4.69) is 0 Å². The Morgan fingerprint density at radius 3 is 2.73 bits per heavy atom. The fourth-order valence-corrected chi connectivity index (χ4v) is 1.93. The molecule has 3 nitrogen and oxygen atoms in total. The fraction of sp³-hybridized carbons (Fsp3) is 0.417. The number of carbonyl (C=O) groups is 1. The lowest BCUT2D eigenvalue weighted by Crippen LogP contribution is -2.45. The molecule has 1 saturated heterocycles. The van der Waals surface area contributed by atoms with Crippen molar-refractivity contribution in [3.8, 4) is 0 Å². The molecule has 1 aromatic carbocycles. The molecule has 1 amide bonds. The van der Waals surface area contributed by atoms with Crippen LogP contribution in [-0.4, -0.2) is 25.7 Å². The lowest BCUT2D eigenvalue weighted by molar-refractivity contribution is -0.130. The standard InChI is InChI=1S/C12H15NO2/c1-15-11-8-5-9-13(12(11)14)10-6-3-2-4-7-10/h2-4,6-7,11H,5,8-9H2,1H3. The molecule has 0 spiro atoms. The number of piperidine rings is 1. The van der Waals surface area contributed by atoms with Crippen LogP contribution in [0.4, 0.5) is 5.69 Å². The Morgan fingerprint density at radius 1 is 1.33 bits per heavy atom. The molecule has 0 aromatic heterocycles. The van der Waals surface area contributed by atoms with Gasteiger partial charge in [-0.3, -0.25) is 4.79 Å². The Hall–Kier alpha value is -1.35. The molecule has 0 radical (unpaired) electrons. The van der Waals surface area contributed by atoms with Crippen LogP contribution in [0.5, 0.6) is 0 Å². The van der Waals surface area contributed by atoms with Crippen LogP contribution >= 0.6 is 0 Å². The van der Waals surface area contributed by atoms with Gasteiger partial charge in [-0.2, -0.15) is 0 Å². The molecule has 0 saturated carbocycles. The van der Waals surface area contributed by atoms with Gasteiger partial charge in [0.15, 0.2) is 0 Å². The Labute approximate surface area is 89.7 Å². The Bertz CT molecular complexity index is 337. The van der Waals surface area contributed by atoms with Crippen LogP contribution in [0.1, 0.15) is 12.8 Å². The predicted molar refractivity (Wildman–Crippen MR) is 58.8 cm³/mol. The quantitative estimate of drug-likeness (QED) is 0.737. The summed E-state index contributed by atoms with van der Waals surface area (Å²) in [5.74, 6) is 0.0787. The molecule has 0 bridgehead atoms. The van der Waals surface area contributed by atoms with Crippen LogP contribution in [0.25, 0.3) is 0 Å². The first-order valence-electron chi connectivity index (χ1n) is 5.22. The van der Waals surface area contributed by atoms with Gasteiger partial charge in [-0.25, -0.2) is 0 Å². The molecule has 0 N–H and O–H groups in total. The number of para-hydroxylation sites is 1. The van der Waals surface area contributed by atoms with Gasteiger partial charge in [0.05, 0.1) is 0 Å². The third kappa shape index (κ3) is 2.02. The number of anilines is 1. The van der Waals surface area contributed by atoms with Gasteiger partial charge in [0.2, 0.25) is 0 Å². The van der Waals surface area contributed by atoms with E-state index in [9.17, 15) is 4.79 Å². The van der Waals surface area contributed by atoms with E-state index in [1.807, 2.05) is 30.3 Å². The van der Waals surface area contributed by atoms with Gasteiger partial charge in [0, 0.05) is 19.3 Å². The van der Waals surface area contributed by atoms with Crippen molar-refractivity contribution in [1.29, 1.82) is 0 Å². The van der Waals surface area contributed by atoms with Gasteiger partial charge in [-0.1, -0.05) is 18.2 Å². The lowest BCUT2D eigenvalue weighted by Gasteiger charge is -2.31. The number of methoxy groups -OCH3 is 1. The molecule has 1 heterocycles. The summed E-state index contributed by atoms with van der Waals surface area (Å²) < 4.78 is 5.16. The van der Waals surface area contributed by atoms with Crippen molar-refractivity contribution < 1.29 is 9.53 Å². The first kappa shape index (κ1) is 10.2. The number of rotatable bonds is 2. The van der Waals surface area contributed by atoms with E-state index in [1.165, 1.54) is 0 Å². The average Bonchev–Trinajstić information content (AvgIpc) is 2.30. The molecule has 80 valence electrons. The highest BCUT2D eigenvalue weighted by atomic mass is 16.5. The van der Waals surface area contributed by atoms with Crippen LogP contribution in [-0.2, 0) is 9.53 Å². The van der Waals surface area contributed by atoms with Crippen molar-refractivity contribution in [2.45, 2.75) is 18.9 Å². The normalized spacial score (nSPS) is 21.8. The maximum absolute atomic E-state index is 12.0. The van der Waals surface area contributed by atoms with Gasteiger partial charge in [0.25, 0.3) is 5.91 Å². The van der Waals surface area contributed by atoms with E-state index >= 15 is 0 Å². The van der Waals surface area contributed by atoms with E-state index in [-0.39, 0.29) is 12.0 Å². The molecule has 1 aromatic rings. The summed E-state index contributed by atoms with van der Waals surface area (Å²) in [5.41, 5.74) is 0.962. The summed E-state index contributed by atoms with van der Waals surface area (Å²) in [6.07, 6.45) is 1.57.